The van der Waals surface area contributed by atoms with Crippen LogP contribution in [0.2, 0.25) is 0 Å². The first-order chi connectivity index (χ1) is 32.9. The second-order valence-corrected chi connectivity index (χ2v) is 21.5. The van der Waals surface area contributed by atoms with Crippen LogP contribution in [0.15, 0.2) is 59.4 Å². The molecule has 0 radical (unpaired) electrons. The number of nitrogens with zero attached hydrogens (tertiary/aromatic N) is 1. The molecule has 0 aromatic rings. The molecule has 2 saturated heterocycles. The minimum atomic E-state index is -2.53. The van der Waals surface area contributed by atoms with Gasteiger partial charge in [0.2, 0.25) is 0 Å². The number of methoxy groups -OCH3 is 1. The van der Waals surface area contributed by atoms with Crippen LogP contribution in [0.5, 0.6) is 0 Å². The largest absolute Gasteiger partial charge is 0.462 e. The van der Waals surface area contributed by atoms with Gasteiger partial charge >= 0.3 is 11.9 Å². The number of aliphatic hydroxyl groups is 3. The van der Waals surface area contributed by atoms with Crippen molar-refractivity contribution in [3.8, 4) is 0 Å². The Morgan fingerprint density at radius 3 is 2.20 bits per heavy atom. The number of Topliss-reactive ketones (excluding diaryl/α,β-unsaturated/α-hetero) is 3. The van der Waals surface area contributed by atoms with Crippen LogP contribution < -0.4 is 5.73 Å². The van der Waals surface area contributed by atoms with Crippen LogP contribution in [0.4, 0.5) is 0 Å². The van der Waals surface area contributed by atoms with E-state index < -0.39 is 89.8 Å². The summed E-state index contributed by atoms with van der Waals surface area (Å²) in [6.07, 6.45) is 17.4. The monoisotopic (exact) mass is 981 g/mol. The SMILES string of the molecule is CO[C@H]1C=C2CC[C@@H](C)[C@@](O)(O2)C(=O)C(=O)N2CCCC[C@H]2C(=O)O[C@](N)([C@H](C)CC2CCC(OC(=O)C(C)(CO)CO)CC2)CC(=O)[C@H](C)/C=C(\C)[C@@H](C)CC(=O)[C@H](C)C[C@H](C)/C=C/C=CC=C1C. The fourth-order valence-electron chi connectivity index (χ4n) is 9.91. The Morgan fingerprint density at radius 2 is 1.56 bits per heavy atom. The van der Waals surface area contributed by atoms with E-state index in [2.05, 4.69) is 13.0 Å². The first-order valence-corrected chi connectivity index (χ1v) is 25.6. The molecule has 0 spiro atoms. The van der Waals surface area contributed by atoms with E-state index in [1.807, 2.05) is 65.0 Å². The highest BCUT2D eigenvalue weighted by Gasteiger charge is 2.53. The number of hydrogen-bond donors (Lipinski definition) is 4. The van der Waals surface area contributed by atoms with Gasteiger partial charge in [-0.1, -0.05) is 83.6 Å². The Bertz CT molecular complexity index is 2010. The molecule has 15 nitrogen and oxygen atoms in total. The first-order valence-electron chi connectivity index (χ1n) is 25.6. The van der Waals surface area contributed by atoms with Crippen molar-refractivity contribution in [3.63, 3.8) is 0 Å². The van der Waals surface area contributed by atoms with E-state index in [1.165, 1.54) is 14.0 Å². The molecule has 3 heterocycles. The van der Waals surface area contributed by atoms with Crippen molar-refractivity contribution in [3.05, 3.63) is 59.4 Å². The van der Waals surface area contributed by atoms with E-state index in [-0.39, 0.29) is 60.4 Å². The summed E-state index contributed by atoms with van der Waals surface area (Å²) >= 11 is 0. The number of allylic oxidation sites excluding steroid dienone is 8. The minimum absolute atomic E-state index is 0.0328. The van der Waals surface area contributed by atoms with E-state index in [4.69, 9.17) is 24.7 Å². The van der Waals surface area contributed by atoms with Crippen LogP contribution in [0.1, 0.15) is 146 Å². The first kappa shape index (κ1) is 58.3. The number of esters is 2. The van der Waals surface area contributed by atoms with Gasteiger partial charge in [-0.15, -0.1) is 0 Å². The van der Waals surface area contributed by atoms with Crippen molar-refractivity contribution in [2.75, 3.05) is 26.9 Å². The summed E-state index contributed by atoms with van der Waals surface area (Å²) in [5, 5.41) is 31.3. The zero-order chi connectivity index (χ0) is 52.1. The van der Waals surface area contributed by atoms with Crippen LogP contribution in [0.3, 0.4) is 0 Å². The number of carbonyl (C=O) groups excluding carboxylic acids is 6. The zero-order valence-electron chi connectivity index (χ0n) is 43.6. The lowest BCUT2D eigenvalue weighted by Gasteiger charge is -2.42. The highest BCUT2D eigenvalue weighted by molar-refractivity contribution is 6.39. The highest BCUT2D eigenvalue weighted by Crippen LogP contribution is 2.39. The molecule has 3 aliphatic heterocycles. The summed E-state index contributed by atoms with van der Waals surface area (Å²) in [5.41, 5.74) is 5.58. The Labute approximate surface area is 416 Å². The second kappa shape index (κ2) is 25.9. The fourth-order valence-corrected chi connectivity index (χ4v) is 9.91. The third kappa shape index (κ3) is 15.1. The Morgan fingerprint density at radius 1 is 0.886 bits per heavy atom. The molecule has 15 heteroatoms. The highest BCUT2D eigenvalue weighted by atomic mass is 16.6. The molecule has 0 aromatic heterocycles. The number of hydrogen-bond acceptors (Lipinski definition) is 14. The van der Waals surface area contributed by atoms with Gasteiger partial charge in [-0.05, 0) is 114 Å². The number of piperidine rings is 1. The Balaban J connectivity index is 1.68. The Kier molecular flexibility index (Phi) is 21.6. The number of carbonyl (C=O) groups is 6. The van der Waals surface area contributed by atoms with E-state index in [9.17, 15) is 44.1 Å². The molecule has 5 N–H and O–H groups in total. The zero-order valence-corrected chi connectivity index (χ0v) is 43.6. The van der Waals surface area contributed by atoms with Crippen molar-refractivity contribution in [2.45, 2.75) is 176 Å². The summed E-state index contributed by atoms with van der Waals surface area (Å²) in [7, 11) is 1.53. The maximum absolute atomic E-state index is 14.6. The van der Waals surface area contributed by atoms with Gasteiger partial charge in [0.25, 0.3) is 17.5 Å². The van der Waals surface area contributed by atoms with Crippen LogP contribution in [-0.2, 0) is 47.7 Å². The molecule has 1 aliphatic carbocycles. The number of rotatable bonds is 8. The number of ether oxygens (including phenoxy) is 4. The van der Waals surface area contributed by atoms with Crippen LogP contribution >= 0.6 is 0 Å². The number of cyclic esters (lactones) is 1. The predicted octanol–water partition coefficient (Wildman–Crippen LogP) is 7.16. The minimum Gasteiger partial charge on any atom is -0.462 e. The third-order valence-corrected chi connectivity index (χ3v) is 15.5. The molecule has 0 unspecified atom stereocenters. The number of amides is 1. The average Bonchev–Trinajstić information content (AvgIpc) is 3.33. The number of ketones is 3. The van der Waals surface area contributed by atoms with Crippen LogP contribution in [0, 0.1) is 46.8 Å². The molecular weight excluding hydrogens is 897 g/mol. The van der Waals surface area contributed by atoms with Crippen molar-refractivity contribution < 1.29 is 63.0 Å². The number of nitrogens with two attached hydrogens (primary N) is 1. The summed E-state index contributed by atoms with van der Waals surface area (Å²) < 4.78 is 23.8. The van der Waals surface area contributed by atoms with Gasteiger partial charge in [-0.2, -0.15) is 0 Å². The lowest BCUT2D eigenvalue weighted by molar-refractivity contribution is -0.223. The molecule has 3 fully saturated rings. The normalized spacial score (nSPS) is 35.0. The second-order valence-electron chi connectivity index (χ2n) is 21.5. The fraction of sp³-hybridized carbons (Fsp3) is 0.709. The van der Waals surface area contributed by atoms with Crippen molar-refractivity contribution in [1.82, 2.24) is 4.90 Å². The smallest absolute Gasteiger partial charge is 0.330 e. The standard InChI is InChI=1S/C55H84N2O13/c1-34-16-12-11-13-17-35(2)48(67-10)30-44-22-19-40(7)55(66,69-44)49(62)50(63)57-25-15-14-18-45(57)51(64)70-54(56,31-47(61)39(6)27-36(3)37(4)28-46(60)38(5)26-34)41(8)29-42-20-23-43(24-21-42)68-52(65)53(9,32-58)33-59/h11-13,16-17,27,30,34,37-43,45,48,58-59,66H,14-15,18-26,28-29,31-33,56H2,1-10H3/b13-11?,16-12+,35-17?,36-27+,44-30?/t34-,37+,38-,39-,40-,41-,42?,43?,45+,48+,54+,55-/m1/s1. The molecule has 0 aromatic carbocycles. The summed E-state index contributed by atoms with van der Waals surface area (Å²) in [6, 6.07) is -1.24. The lowest BCUT2D eigenvalue weighted by atomic mass is 9.77. The van der Waals surface area contributed by atoms with E-state index in [0.29, 0.717) is 70.6 Å². The van der Waals surface area contributed by atoms with E-state index >= 15 is 0 Å². The van der Waals surface area contributed by atoms with Gasteiger partial charge in [0.15, 0.2) is 5.72 Å². The van der Waals surface area contributed by atoms with Crippen molar-refractivity contribution in [1.29, 1.82) is 0 Å². The number of fused-ring (bicyclic) bond motifs is 3. The summed E-state index contributed by atoms with van der Waals surface area (Å²) in [5.74, 6) is -8.42. The average molecular weight is 981 g/mol. The molecular formula is C55H84N2O13. The topological polar surface area (TPSA) is 229 Å². The third-order valence-electron chi connectivity index (χ3n) is 15.5. The summed E-state index contributed by atoms with van der Waals surface area (Å²) in [6.45, 7) is 15.3. The van der Waals surface area contributed by atoms with Gasteiger partial charge in [0.1, 0.15) is 29.1 Å². The Hall–Kier alpha value is -4.28. The van der Waals surface area contributed by atoms with Gasteiger partial charge in [0, 0.05) is 50.2 Å². The van der Waals surface area contributed by atoms with Gasteiger partial charge in [0.05, 0.1) is 31.5 Å². The van der Waals surface area contributed by atoms with Crippen molar-refractivity contribution >= 4 is 35.2 Å². The lowest BCUT2D eigenvalue weighted by Crippen LogP contribution is -2.61. The maximum atomic E-state index is 14.6. The maximum Gasteiger partial charge on any atom is 0.330 e. The van der Waals surface area contributed by atoms with E-state index in [0.717, 1.165) is 16.0 Å². The molecule has 2 bridgehead atoms. The van der Waals surface area contributed by atoms with Crippen LogP contribution in [0.25, 0.3) is 0 Å². The summed E-state index contributed by atoms with van der Waals surface area (Å²) in [4.78, 5) is 84.8. The molecule has 1 saturated carbocycles. The molecule has 1 amide bonds. The molecule has 10 atom stereocenters. The molecule has 4 rings (SSSR count). The molecule has 70 heavy (non-hydrogen) atoms. The predicted molar refractivity (Wildman–Crippen MR) is 265 cm³/mol. The van der Waals surface area contributed by atoms with E-state index in [1.54, 1.807) is 19.9 Å². The number of aliphatic hydroxyl groups excluding tert-OH is 2. The van der Waals surface area contributed by atoms with Gasteiger partial charge in [-0.25, -0.2) is 4.79 Å². The van der Waals surface area contributed by atoms with Crippen molar-refractivity contribution in [2.24, 2.45) is 52.6 Å². The van der Waals surface area contributed by atoms with Gasteiger partial charge in [-0.3, -0.25) is 29.7 Å². The molecule has 4 aliphatic rings. The molecule has 392 valence electrons. The van der Waals surface area contributed by atoms with Gasteiger partial charge < -0.3 is 39.2 Å². The quantitative estimate of drug-likeness (QED) is 0.108. The van der Waals surface area contributed by atoms with Crippen LogP contribution in [-0.4, -0.2) is 112 Å².